The van der Waals surface area contributed by atoms with E-state index in [1.807, 2.05) is 12.1 Å². The third-order valence-corrected chi connectivity index (χ3v) is 5.57. The maximum atomic E-state index is 12.1. The van der Waals surface area contributed by atoms with E-state index in [9.17, 15) is 9.59 Å². The molecular formula is C21H25ClN2O3S. The number of hydrogen-bond acceptors (Lipinski definition) is 4. The zero-order valence-electron chi connectivity index (χ0n) is 16.5. The molecule has 0 saturated heterocycles. The van der Waals surface area contributed by atoms with E-state index in [0.29, 0.717) is 11.4 Å². The Morgan fingerprint density at radius 3 is 2.29 bits per heavy atom. The fourth-order valence-corrected chi connectivity index (χ4v) is 3.86. The molecule has 0 heterocycles. The van der Waals surface area contributed by atoms with Gasteiger partial charge in [0.25, 0.3) is 5.91 Å². The number of hydrogen-bond donors (Lipinski definition) is 2. The number of benzene rings is 2. The number of thioether (sulfide) groups is 1. The van der Waals surface area contributed by atoms with Gasteiger partial charge in [0, 0.05) is 16.3 Å². The number of ether oxygens (including phenoxy) is 1. The molecule has 0 bridgehead atoms. The van der Waals surface area contributed by atoms with Crippen molar-refractivity contribution in [3.05, 3.63) is 63.7 Å². The third kappa shape index (κ3) is 6.77. The molecule has 5 nitrogen and oxygen atoms in total. The van der Waals surface area contributed by atoms with Crippen LogP contribution < -0.4 is 10.9 Å². The molecule has 2 aromatic carbocycles. The number of carbonyl (C=O) groups is 2. The summed E-state index contributed by atoms with van der Waals surface area (Å²) in [6, 6.07) is 11.4. The van der Waals surface area contributed by atoms with Gasteiger partial charge in [0.15, 0.2) is 0 Å². The van der Waals surface area contributed by atoms with Gasteiger partial charge in [-0.2, -0.15) is 0 Å². The van der Waals surface area contributed by atoms with E-state index in [1.54, 1.807) is 19.1 Å². The Labute approximate surface area is 175 Å². The molecule has 0 fully saturated rings. The van der Waals surface area contributed by atoms with Crippen LogP contribution in [0.1, 0.15) is 29.2 Å². The molecule has 0 radical (unpaired) electrons. The van der Waals surface area contributed by atoms with Crippen LogP contribution in [0.25, 0.3) is 0 Å². The van der Waals surface area contributed by atoms with Crippen LogP contribution >= 0.6 is 23.4 Å². The Hall–Kier alpha value is -2.18. The van der Waals surface area contributed by atoms with E-state index < -0.39 is 6.09 Å². The lowest BCUT2D eigenvalue weighted by molar-refractivity contribution is -0.121. The summed E-state index contributed by atoms with van der Waals surface area (Å²) in [5.74, 6) is -0.317. The van der Waals surface area contributed by atoms with Crippen LogP contribution in [-0.4, -0.2) is 23.9 Å². The molecule has 0 saturated carbocycles. The number of carbonyl (C=O) groups excluding carboxylic acids is 2. The highest BCUT2D eigenvalue weighted by Gasteiger charge is 2.15. The molecule has 7 heteroatoms. The van der Waals surface area contributed by atoms with E-state index in [0.717, 1.165) is 4.90 Å². The Bertz CT molecular complexity index is 817. The number of nitrogens with one attached hydrogen (secondary N) is 2. The number of hydrazine groups is 1. The van der Waals surface area contributed by atoms with Crippen molar-refractivity contribution in [1.82, 2.24) is 10.9 Å². The predicted molar refractivity (Wildman–Crippen MR) is 114 cm³/mol. The maximum absolute atomic E-state index is 12.1. The Morgan fingerprint density at radius 2 is 1.68 bits per heavy atom. The van der Waals surface area contributed by atoms with Crippen LogP contribution in [-0.2, 0) is 16.0 Å². The largest absolute Gasteiger partial charge is 0.448 e. The number of amides is 2. The van der Waals surface area contributed by atoms with Crippen molar-refractivity contribution >= 4 is 35.4 Å². The van der Waals surface area contributed by atoms with Crippen molar-refractivity contribution in [3.8, 4) is 0 Å². The highest BCUT2D eigenvalue weighted by atomic mass is 35.5. The maximum Gasteiger partial charge on any atom is 0.426 e. The average Bonchev–Trinajstić information content (AvgIpc) is 2.63. The van der Waals surface area contributed by atoms with Gasteiger partial charge in [-0.25, -0.2) is 10.2 Å². The van der Waals surface area contributed by atoms with Crippen molar-refractivity contribution in [2.75, 3.05) is 6.61 Å². The van der Waals surface area contributed by atoms with Crippen LogP contribution in [0.5, 0.6) is 0 Å². The predicted octanol–water partition coefficient (Wildman–Crippen LogP) is 4.75. The summed E-state index contributed by atoms with van der Waals surface area (Å²) in [6.07, 6.45) is -0.0539. The standard InChI is InChI=1S/C21H25ClN2O3S/c1-13-11-14(2)19(15(3)12-13)9-10-27-21(26)24-23-20(25)16(4)28-18-7-5-17(22)6-8-18/h5-8,11-12,16H,9-10H2,1-4H3,(H,23,25)(H,24,26). The van der Waals surface area contributed by atoms with Crippen LogP contribution in [0.3, 0.4) is 0 Å². The highest BCUT2D eigenvalue weighted by Crippen LogP contribution is 2.24. The summed E-state index contributed by atoms with van der Waals surface area (Å²) in [4.78, 5) is 24.8. The molecule has 2 N–H and O–H groups in total. The molecule has 1 atom stereocenters. The van der Waals surface area contributed by atoms with Gasteiger partial charge in [0.2, 0.25) is 0 Å². The monoisotopic (exact) mass is 420 g/mol. The van der Waals surface area contributed by atoms with Crippen molar-refractivity contribution in [2.24, 2.45) is 0 Å². The molecule has 0 aliphatic rings. The molecule has 28 heavy (non-hydrogen) atoms. The first-order chi connectivity index (χ1) is 13.3. The smallest absolute Gasteiger partial charge is 0.426 e. The molecule has 2 amide bonds. The van der Waals surface area contributed by atoms with Gasteiger partial charge >= 0.3 is 6.09 Å². The number of aryl methyl sites for hydroxylation is 3. The lowest BCUT2D eigenvalue weighted by Gasteiger charge is -2.14. The molecule has 0 aliphatic carbocycles. The SMILES string of the molecule is Cc1cc(C)c(CCOC(=O)NNC(=O)C(C)Sc2ccc(Cl)cc2)c(C)c1. The van der Waals surface area contributed by atoms with Gasteiger partial charge in [-0.15, -0.1) is 11.8 Å². The first kappa shape index (κ1) is 22.1. The zero-order chi connectivity index (χ0) is 20.7. The van der Waals surface area contributed by atoms with Crippen LogP contribution in [0.2, 0.25) is 5.02 Å². The summed E-state index contributed by atoms with van der Waals surface area (Å²) < 4.78 is 5.16. The van der Waals surface area contributed by atoms with Gasteiger partial charge in [0.05, 0.1) is 11.9 Å². The van der Waals surface area contributed by atoms with Gasteiger partial charge < -0.3 is 4.74 Å². The van der Waals surface area contributed by atoms with E-state index in [-0.39, 0.29) is 17.8 Å². The van der Waals surface area contributed by atoms with Gasteiger partial charge in [0.1, 0.15) is 0 Å². The van der Waals surface area contributed by atoms with E-state index >= 15 is 0 Å². The highest BCUT2D eigenvalue weighted by molar-refractivity contribution is 8.00. The lowest BCUT2D eigenvalue weighted by atomic mass is 9.98. The normalized spacial score (nSPS) is 11.6. The molecule has 0 aromatic heterocycles. The average molecular weight is 421 g/mol. The van der Waals surface area contributed by atoms with Crippen molar-refractivity contribution in [2.45, 2.75) is 44.3 Å². The Morgan fingerprint density at radius 1 is 1.07 bits per heavy atom. The zero-order valence-corrected chi connectivity index (χ0v) is 18.0. The summed E-state index contributed by atoms with van der Waals surface area (Å²) in [6.45, 7) is 8.15. The fraction of sp³-hybridized carbons (Fsp3) is 0.333. The van der Waals surface area contributed by atoms with Gasteiger partial charge in [-0.3, -0.25) is 10.2 Å². The molecule has 1 unspecified atom stereocenters. The minimum absolute atomic E-state index is 0.238. The van der Waals surface area contributed by atoms with E-state index in [1.165, 1.54) is 34.0 Å². The lowest BCUT2D eigenvalue weighted by Crippen LogP contribution is -2.45. The second-order valence-corrected chi connectivity index (χ2v) is 8.44. The molecule has 2 rings (SSSR count). The minimum Gasteiger partial charge on any atom is -0.448 e. The number of rotatable bonds is 6. The second kappa shape index (κ2) is 10.4. The Balaban J connectivity index is 1.73. The van der Waals surface area contributed by atoms with Crippen molar-refractivity contribution in [1.29, 1.82) is 0 Å². The molecule has 0 aliphatic heterocycles. The topological polar surface area (TPSA) is 67.4 Å². The summed E-state index contributed by atoms with van der Waals surface area (Å²) in [7, 11) is 0. The van der Waals surface area contributed by atoms with Crippen molar-refractivity contribution in [3.63, 3.8) is 0 Å². The third-order valence-electron chi connectivity index (χ3n) is 4.21. The van der Waals surface area contributed by atoms with Crippen LogP contribution in [0.15, 0.2) is 41.3 Å². The molecule has 2 aromatic rings. The molecule has 0 spiro atoms. The Kier molecular flexibility index (Phi) is 8.20. The fourth-order valence-electron chi connectivity index (χ4n) is 2.87. The first-order valence-corrected chi connectivity index (χ1v) is 10.2. The van der Waals surface area contributed by atoms with Gasteiger partial charge in [-0.05, 0) is 68.7 Å². The molecular weight excluding hydrogens is 396 g/mol. The quantitative estimate of drug-likeness (QED) is 0.523. The summed E-state index contributed by atoms with van der Waals surface area (Å²) >= 11 is 7.22. The number of halogens is 1. The first-order valence-electron chi connectivity index (χ1n) is 8.98. The van der Waals surface area contributed by atoms with Crippen molar-refractivity contribution < 1.29 is 14.3 Å². The van der Waals surface area contributed by atoms with E-state index in [2.05, 4.69) is 43.8 Å². The molecule has 150 valence electrons. The summed E-state index contributed by atoms with van der Waals surface area (Å²) in [5, 5.41) is 0.251. The van der Waals surface area contributed by atoms with Crippen LogP contribution in [0.4, 0.5) is 4.79 Å². The minimum atomic E-state index is -0.681. The van der Waals surface area contributed by atoms with E-state index in [4.69, 9.17) is 16.3 Å². The van der Waals surface area contributed by atoms with Gasteiger partial charge in [-0.1, -0.05) is 29.3 Å². The second-order valence-electron chi connectivity index (χ2n) is 6.59. The van der Waals surface area contributed by atoms with Crippen LogP contribution in [0, 0.1) is 20.8 Å². The summed E-state index contributed by atoms with van der Waals surface area (Å²) in [5.41, 5.74) is 9.43.